The molecular weight excluding hydrogens is 320 g/mol. The highest BCUT2D eigenvalue weighted by molar-refractivity contribution is 5.83. The molecule has 6 N–H and O–H groups in total. The van der Waals surface area contributed by atoms with Crippen molar-refractivity contribution >= 4 is 22.7 Å². The van der Waals surface area contributed by atoms with Crippen LogP contribution in [0.4, 0.5) is 0 Å². The van der Waals surface area contributed by atoms with Crippen LogP contribution in [0.2, 0.25) is 0 Å². The lowest BCUT2D eigenvalue weighted by molar-refractivity contribution is -0.139. The van der Waals surface area contributed by atoms with E-state index in [9.17, 15) is 9.59 Å². The van der Waals surface area contributed by atoms with Crippen molar-refractivity contribution in [1.29, 1.82) is 0 Å². The Morgan fingerprint density at radius 1 is 0.960 bits per heavy atom. The second-order valence-corrected chi connectivity index (χ2v) is 5.92. The molecule has 0 radical (unpaired) electrons. The second kappa shape index (κ2) is 10.4. The van der Waals surface area contributed by atoms with Crippen molar-refractivity contribution in [2.24, 2.45) is 11.5 Å². The summed E-state index contributed by atoms with van der Waals surface area (Å²) >= 11 is 0. The lowest BCUT2D eigenvalue weighted by Crippen LogP contribution is -2.32. The predicted octanol–water partition coefficient (Wildman–Crippen LogP) is 2.38. The normalized spacial score (nSPS) is 12.8. The van der Waals surface area contributed by atoms with Crippen molar-refractivity contribution < 1.29 is 19.8 Å². The van der Waals surface area contributed by atoms with Gasteiger partial charge in [-0.1, -0.05) is 62.2 Å². The van der Waals surface area contributed by atoms with Gasteiger partial charge in [-0.15, -0.1) is 0 Å². The quantitative estimate of drug-likeness (QED) is 0.609. The number of rotatable bonds is 7. The number of unbranched alkanes of at least 4 members (excludes halogenated alkanes) is 1. The maximum Gasteiger partial charge on any atom is 0.320 e. The van der Waals surface area contributed by atoms with Gasteiger partial charge in [0.15, 0.2) is 0 Å². The van der Waals surface area contributed by atoms with Crippen LogP contribution in [0.3, 0.4) is 0 Å². The molecule has 0 amide bonds. The van der Waals surface area contributed by atoms with Crippen molar-refractivity contribution in [2.45, 2.75) is 44.7 Å². The molecule has 136 valence electrons. The Balaban J connectivity index is 0.000000299. The summed E-state index contributed by atoms with van der Waals surface area (Å²) in [5, 5.41) is 19.3. The molecule has 2 aromatic rings. The smallest absolute Gasteiger partial charge is 0.320 e. The van der Waals surface area contributed by atoms with Crippen LogP contribution in [-0.4, -0.2) is 34.2 Å². The highest BCUT2D eigenvalue weighted by Crippen LogP contribution is 2.16. The third kappa shape index (κ3) is 7.32. The topological polar surface area (TPSA) is 127 Å². The van der Waals surface area contributed by atoms with Crippen LogP contribution in [-0.2, 0) is 16.0 Å². The summed E-state index contributed by atoms with van der Waals surface area (Å²) in [6, 6.07) is 12.4. The summed E-state index contributed by atoms with van der Waals surface area (Å²) < 4.78 is 0. The molecule has 6 nitrogen and oxygen atoms in total. The molecular formula is C19H26N2O4. The van der Waals surface area contributed by atoms with Gasteiger partial charge in [0.2, 0.25) is 0 Å². The summed E-state index contributed by atoms with van der Waals surface area (Å²) in [5.74, 6) is -1.86. The van der Waals surface area contributed by atoms with E-state index in [1.165, 1.54) is 0 Å². The first-order chi connectivity index (χ1) is 11.8. The first-order valence-corrected chi connectivity index (χ1v) is 8.29. The highest BCUT2D eigenvalue weighted by Gasteiger charge is 2.12. The van der Waals surface area contributed by atoms with Crippen LogP contribution >= 0.6 is 0 Å². The van der Waals surface area contributed by atoms with E-state index in [0.29, 0.717) is 12.8 Å². The molecule has 2 atom stereocenters. The first-order valence-electron chi connectivity index (χ1n) is 8.29. The summed E-state index contributed by atoms with van der Waals surface area (Å²) in [5.41, 5.74) is 11.6. The van der Waals surface area contributed by atoms with Gasteiger partial charge in [-0.3, -0.25) is 9.59 Å². The van der Waals surface area contributed by atoms with Crippen LogP contribution in [0.25, 0.3) is 10.8 Å². The number of carboxylic acid groups (broad SMARTS) is 2. The fraction of sp³-hybridized carbons (Fsp3) is 0.368. The first kappa shape index (κ1) is 20.6. The fourth-order valence-corrected chi connectivity index (χ4v) is 2.25. The number of carboxylic acids is 2. The zero-order valence-corrected chi connectivity index (χ0v) is 14.4. The minimum atomic E-state index is -0.965. The van der Waals surface area contributed by atoms with E-state index in [-0.39, 0.29) is 0 Å². The third-order valence-electron chi connectivity index (χ3n) is 3.77. The SMILES string of the molecule is CCCC[C@H](N)C(=O)O.N[C@@H](Cc1ccc2ccccc2c1)C(=O)O. The predicted molar refractivity (Wildman–Crippen MR) is 98.4 cm³/mol. The van der Waals surface area contributed by atoms with Crippen LogP contribution < -0.4 is 11.5 Å². The Bertz CT molecular complexity index is 703. The molecule has 2 aromatic carbocycles. The Morgan fingerprint density at radius 2 is 1.56 bits per heavy atom. The molecule has 0 aliphatic heterocycles. The summed E-state index contributed by atoms with van der Waals surface area (Å²) in [4.78, 5) is 20.7. The Hall–Kier alpha value is -2.44. The van der Waals surface area contributed by atoms with Gasteiger partial charge in [-0.25, -0.2) is 0 Å². The minimum Gasteiger partial charge on any atom is -0.480 e. The van der Waals surface area contributed by atoms with Gasteiger partial charge in [-0.2, -0.15) is 0 Å². The molecule has 0 bridgehead atoms. The highest BCUT2D eigenvalue weighted by atomic mass is 16.4. The molecule has 0 aliphatic carbocycles. The van der Waals surface area contributed by atoms with E-state index in [0.717, 1.165) is 29.2 Å². The Labute approximate surface area is 147 Å². The van der Waals surface area contributed by atoms with Crippen molar-refractivity contribution in [3.63, 3.8) is 0 Å². The average molecular weight is 346 g/mol. The van der Waals surface area contributed by atoms with Crippen molar-refractivity contribution in [1.82, 2.24) is 0 Å². The van der Waals surface area contributed by atoms with Crippen LogP contribution in [0, 0.1) is 0 Å². The largest absolute Gasteiger partial charge is 0.480 e. The molecule has 6 heteroatoms. The van der Waals surface area contributed by atoms with Crippen LogP contribution in [0.1, 0.15) is 31.7 Å². The molecule has 0 fully saturated rings. The van der Waals surface area contributed by atoms with E-state index in [4.69, 9.17) is 21.7 Å². The molecule has 0 heterocycles. The number of fused-ring (bicyclic) bond motifs is 1. The van der Waals surface area contributed by atoms with Crippen LogP contribution in [0.15, 0.2) is 42.5 Å². The van der Waals surface area contributed by atoms with Gasteiger partial charge < -0.3 is 21.7 Å². The third-order valence-corrected chi connectivity index (χ3v) is 3.77. The van der Waals surface area contributed by atoms with Gasteiger partial charge in [0.1, 0.15) is 12.1 Å². The van der Waals surface area contributed by atoms with E-state index in [1.807, 2.05) is 49.4 Å². The summed E-state index contributed by atoms with van der Waals surface area (Å²) in [6.45, 7) is 2.01. The van der Waals surface area contributed by atoms with Crippen molar-refractivity contribution in [3.8, 4) is 0 Å². The van der Waals surface area contributed by atoms with Gasteiger partial charge >= 0.3 is 11.9 Å². The van der Waals surface area contributed by atoms with Crippen molar-refractivity contribution in [2.75, 3.05) is 0 Å². The van der Waals surface area contributed by atoms with Gasteiger partial charge in [0.05, 0.1) is 0 Å². The molecule has 0 unspecified atom stereocenters. The van der Waals surface area contributed by atoms with Crippen molar-refractivity contribution in [3.05, 3.63) is 48.0 Å². The number of nitrogens with two attached hydrogens (primary N) is 2. The number of hydrogen-bond acceptors (Lipinski definition) is 4. The van der Waals surface area contributed by atoms with Gasteiger partial charge in [0.25, 0.3) is 0 Å². The number of aliphatic carboxylic acids is 2. The molecule has 2 rings (SSSR count). The minimum absolute atomic E-state index is 0.361. The number of hydrogen-bond donors (Lipinski definition) is 4. The Kier molecular flexibility index (Phi) is 8.60. The molecule has 0 spiro atoms. The van der Waals surface area contributed by atoms with E-state index in [1.54, 1.807) is 0 Å². The van der Waals surface area contributed by atoms with E-state index < -0.39 is 24.0 Å². The summed E-state index contributed by atoms with van der Waals surface area (Å²) in [7, 11) is 0. The second-order valence-electron chi connectivity index (χ2n) is 5.92. The average Bonchev–Trinajstić information content (AvgIpc) is 2.59. The lowest BCUT2D eigenvalue weighted by Gasteiger charge is -2.07. The molecule has 0 saturated carbocycles. The Morgan fingerprint density at radius 3 is 2.12 bits per heavy atom. The number of benzene rings is 2. The monoisotopic (exact) mass is 346 g/mol. The standard InChI is InChI=1S/C13H13NO2.C6H13NO2/c14-12(13(15)16)8-9-5-6-10-3-1-2-4-11(10)7-9;1-2-3-4-5(7)6(8)9/h1-7,12H,8,14H2,(H,15,16);5H,2-4,7H2,1H3,(H,8,9)/t12-;5-/m00/s1. The maximum absolute atomic E-state index is 10.6. The lowest BCUT2D eigenvalue weighted by atomic mass is 10.0. The van der Waals surface area contributed by atoms with Gasteiger partial charge in [0, 0.05) is 0 Å². The van der Waals surface area contributed by atoms with E-state index >= 15 is 0 Å². The molecule has 25 heavy (non-hydrogen) atoms. The fourth-order valence-electron chi connectivity index (χ4n) is 2.25. The maximum atomic E-state index is 10.6. The van der Waals surface area contributed by atoms with Crippen LogP contribution in [0.5, 0.6) is 0 Å². The zero-order chi connectivity index (χ0) is 18.8. The van der Waals surface area contributed by atoms with Gasteiger partial charge in [-0.05, 0) is 29.2 Å². The zero-order valence-electron chi connectivity index (χ0n) is 14.4. The van der Waals surface area contributed by atoms with E-state index in [2.05, 4.69) is 0 Å². The molecule has 0 saturated heterocycles. The number of carbonyl (C=O) groups is 2. The summed E-state index contributed by atoms with van der Waals surface area (Å²) in [6.07, 6.45) is 2.85. The molecule has 0 aromatic heterocycles. The molecule has 0 aliphatic rings.